The fraction of sp³-hybridized carbons (Fsp3) is 0.531. The Labute approximate surface area is 241 Å². The summed E-state index contributed by atoms with van der Waals surface area (Å²) in [6.07, 6.45) is 1.41. The zero-order valence-electron chi connectivity index (χ0n) is 24.4. The van der Waals surface area contributed by atoms with Crippen LogP contribution in [0.5, 0.6) is 0 Å². The van der Waals surface area contributed by atoms with Gasteiger partial charge in [0, 0.05) is 38.0 Å². The average Bonchev–Trinajstić information content (AvgIpc) is 3.49. The smallest absolute Gasteiger partial charge is 0.410 e. The molecule has 2 fully saturated rings. The summed E-state index contributed by atoms with van der Waals surface area (Å²) in [5.41, 5.74) is 1.64. The summed E-state index contributed by atoms with van der Waals surface area (Å²) in [6.45, 7) is 5.93. The minimum Gasteiger partial charge on any atom is -0.479 e. The lowest BCUT2D eigenvalue weighted by molar-refractivity contribution is -0.152. The van der Waals surface area contributed by atoms with Crippen molar-refractivity contribution in [2.75, 3.05) is 40.0 Å². The number of methoxy groups -OCH3 is 1. The Bertz CT molecular complexity index is 1270. The van der Waals surface area contributed by atoms with Crippen LogP contribution in [0.1, 0.15) is 63.5 Å². The van der Waals surface area contributed by atoms with E-state index >= 15 is 0 Å². The number of amides is 2. The van der Waals surface area contributed by atoms with E-state index < -0.39 is 29.3 Å². The van der Waals surface area contributed by atoms with Crippen LogP contribution in [0.25, 0.3) is 11.1 Å². The number of hydrogen-bond donors (Lipinski definition) is 1. The molecule has 2 amide bonds. The minimum absolute atomic E-state index is 0.0755. The van der Waals surface area contributed by atoms with Crippen LogP contribution in [-0.2, 0) is 19.0 Å². The monoisotopic (exact) mass is 564 g/mol. The van der Waals surface area contributed by atoms with Crippen molar-refractivity contribution in [3.8, 4) is 11.1 Å². The van der Waals surface area contributed by atoms with Gasteiger partial charge in [0.2, 0.25) is 0 Å². The van der Waals surface area contributed by atoms with Crippen LogP contribution < -0.4 is 0 Å². The van der Waals surface area contributed by atoms with Gasteiger partial charge >= 0.3 is 18.2 Å². The summed E-state index contributed by atoms with van der Waals surface area (Å²) in [4.78, 5) is 42.7. The van der Waals surface area contributed by atoms with Crippen LogP contribution >= 0.6 is 0 Å². The second-order valence-electron chi connectivity index (χ2n) is 12.7. The second kappa shape index (κ2) is 11.0. The van der Waals surface area contributed by atoms with Crippen molar-refractivity contribution in [1.29, 1.82) is 0 Å². The molecule has 1 unspecified atom stereocenters. The Morgan fingerprint density at radius 3 is 2.12 bits per heavy atom. The van der Waals surface area contributed by atoms with E-state index in [1.54, 1.807) is 27.9 Å². The zero-order valence-corrected chi connectivity index (χ0v) is 24.4. The molecule has 0 radical (unpaired) electrons. The summed E-state index contributed by atoms with van der Waals surface area (Å²) in [5, 5.41) is 10.6. The molecule has 1 saturated carbocycles. The van der Waals surface area contributed by atoms with Crippen molar-refractivity contribution in [1.82, 2.24) is 9.80 Å². The SMILES string of the molecule is COCC1(CN(C(=O)OCC2c3ccccc3-c3ccccc32)C2(C(=O)O)CCN(C(=O)OC(C)(C)C)C2)CCC1. The van der Waals surface area contributed by atoms with Crippen molar-refractivity contribution >= 4 is 18.2 Å². The quantitative estimate of drug-likeness (QED) is 0.450. The lowest BCUT2D eigenvalue weighted by Crippen LogP contribution is -2.63. The Balaban J connectivity index is 1.42. The third kappa shape index (κ3) is 5.52. The Morgan fingerprint density at radius 1 is 1.00 bits per heavy atom. The fourth-order valence-corrected chi connectivity index (χ4v) is 6.52. The largest absolute Gasteiger partial charge is 0.479 e. The Hall–Kier alpha value is -3.59. The van der Waals surface area contributed by atoms with Gasteiger partial charge in [0.15, 0.2) is 5.54 Å². The molecule has 41 heavy (non-hydrogen) atoms. The number of carbonyl (C=O) groups is 3. The van der Waals surface area contributed by atoms with Crippen molar-refractivity contribution in [3.05, 3.63) is 59.7 Å². The lowest BCUT2D eigenvalue weighted by Gasteiger charge is -2.48. The molecule has 1 N–H and O–H groups in total. The first-order chi connectivity index (χ1) is 19.5. The first-order valence-corrected chi connectivity index (χ1v) is 14.3. The summed E-state index contributed by atoms with van der Waals surface area (Å²) >= 11 is 0. The number of hydrogen-bond acceptors (Lipinski definition) is 6. The Morgan fingerprint density at radius 2 is 1.61 bits per heavy atom. The van der Waals surface area contributed by atoms with E-state index in [0.29, 0.717) is 6.61 Å². The molecule has 1 heterocycles. The first kappa shape index (κ1) is 28.9. The highest BCUT2D eigenvalue weighted by molar-refractivity contribution is 5.87. The Kier molecular flexibility index (Phi) is 7.76. The van der Waals surface area contributed by atoms with E-state index in [-0.39, 0.29) is 44.0 Å². The van der Waals surface area contributed by atoms with Gasteiger partial charge in [-0.3, -0.25) is 4.90 Å². The molecule has 0 aromatic heterocycles. The highest BCUT2D eigenvalue weighted by Crippen LogP contribution is 2.46. The number of carbonyl (C=O) groups excluding carboxylic acids is 2. The molecule has 1 aliphatic heterocycles. The van der Waals surface area contributed by atoms with Gasteiger partial charge in [-0.25, -0.2) is 14.4 Å². The van der Waals surface area contributed by atoms with E-state index in [1.807, 2.05) is 36.4 Å². The van der Waals surface area contributed by atoms with Gasteiger partial charge in [-0.1, -0.05) is 55.0 Å². The fourth-order valence-electron chi connectivity index (χ4n) is 6.52. The molecule has 2 aromatic carbocycles. The second-order valence-corrected chi connectivity index (χ2v) is 12.7. The average molecular weight is 565 g/mol. The van der Waals surface area contributed by atoms with Gasteiger partial charge in [0.25, 0.3) is 0 Å². The standard InChI is InChI=1S/C32H40N2O7/c1-30(2,3)41-28(37)33-17-16-32(20-33,27(35)36)34(19-31(21-39-4)14-9-15-31)29(38)40-18-26-24-12-7-5-10-22(24)23-11-6-8-13-25(23)26/h5-8,10-13,26H,9,14-21H2,1-4H3,(H,35,36). The number of likely N-dealkylation sites (tertiary alicyclic amines) is 1. The maximum Gasteiger partial charge on any atom is 0.410 e. The van der Waals surface area contributed by atoms with Gasteiger partial charge < -0.3 is 24.2 Å². The molecule has 9 nitrogen and oxygen atoms in total. The van der Waals surface area contributed by atoms with Crippen molar-refractivity contribution in [2.45, 2.75) is 63.5 Å². The third-order valence-corrected chi connectivity index (χ3v) is 8.73. The van der Waals surface area contributed by atoms with Crippen LogP contribution in [0.2, 0.25) is 0 Å². The molecule has 5 rings (SSSR count). The molecule has 1 atom stereocenters. The molecule has 0 bridgehead atoms. The summed E-state index contributed by atoms with van der Waals surface area (Å²) in [5.74, 6) is -1.32. The first-order valence-electron chi connectivity index (χ1n) is 14.3. The number of nitrogens with zero attached hydrogens (tertiary/aromatic N) is 2. The number of aliphatic carboxylic acids is 1. The van der Waals surface area contributed by atoms with Gasteiger partial charge in [0.05, 0.1) is 13.2 Å². The predicted octanol–water partition coefficient (Wildman–Crippen LogP) is 5.52. The normalized spacial score (nSPS) is 21.0. The predicted molar refractivity (Wildman–Crippen MR) is 153 cm³/mol. The van der Waals surface area contributed by atoms with Crippen molar-refractivity contribution in [2.24, 2.45) is 5.41 Å². The summed E-state index contributed by atoms with van der Waals surface area (Å²) in [7, 11) is 1.62. The molecular weight excluding hydrogens is 524 g/mol. The van der Waals surface area contributed by atoms with Crippen LogP contribution in [0.4, 0.5) is 9.59 Å². The number of benzene rings is 2. The van der Waals surface area contributed by atoms with E-state index in [4.69, 9.17) is 14.2 Å². The maximum atomic E-state index is 14.0. The van der Waals surface area contributed by atoms with Crippen LogP contribution in [0.15, 0.2) is 48.5 Å². The molecule has 1 saturated heterocycles. The highest BCUT2D eigenvalue weighted by atomic mass is 16.6. The number of rotatable bonds is 8. The minimum atomic E-state index is -1.64. The summed E-state index contributed by atoms with van der Waals surface area (Å²) < 4.78 is 17.0. The number of carboxylic acid groups (broad SMARTS) is 1. The topological polar surface area (TPSA) is 106 Å². The lowest BCUT2D eigenvalue weighted by atomic mass is 9.68. The van der Waals surface area contributed by atoms with Crippen molar-refractivity contribution in [3.63, 3.8) is 0 Å². The van der Waals surface area contributed by atoms with Gasteiger partial charge in [0.1, 0.15) is 12.2 Å². The van der Waals surface area contributed by atoms with Gasteiger partial charge in [-0.15, -0.1) is 0 Å². The molecule has 9 heteroatoms. The molecular formula is C32H40N2O7. The van der Waals surface area contributed by atoms with E-state index in [1.165, 1.54) is 9.80 Å². The highest BCUT2D eigenvalue weighted by Gasteiger charge is 2.56. The van der Waals surface area contributed by atoms with Crippen molar-refractivity contribution < 1.29 is 33.7 Å². The molecule has 2 aromatic rings. The van der Waals surface area contributed by atoms with E-state index in [9.17, 15) is 19.5 Å². The van der Waals surface area contributed by atoms with Crippen LogP contribution in [-0.4, -0.2) is 84.2 Å². The van der Waals surface area contributed by atoms with Gasteiger partial charge in [-0.2, -0.15) is 0 Å². The maximum absolute atomic E-state index is 14.0. The number of carboxylic acids is 1. The number of ether oxygens (including phenoxy) is 3. The summed E-state index contributed by atoms with van der Waals surface area (Å²) in [6, 6.07) is 16.1. The molecule has 3 aliphatic rings. The molecule has 0 spiro atoms. The zero-order chi connectivity index (χ0) is 29.4. The van der Waals surface area contributed by atoms with Gasteiger partial charge in [-0.05, 0) is 55.9 Å². The van der Waals surface area contributed by atoms with Crippen LogP contribution in [0, 0.1) is 5.41 Å². The van der Waals surface area contributed by atoms with E-state index in [0.717, 1.165) is 41.5 Å². The number of fused-ring (bicyclic) bond motifs is 3. The molecule has 220 valence electrons. The van der Waals surface area contributed by atoms with Crippen LogP contribution in [0.3, 0.4) is 0 Å². The molecule has 2 aliphatic carbocycles. The van der Waals surface area contributed by atoms with E-state index in [2.05, 4.69) is 12.1 Å². The third-order valence-electron chi connectivity index (χ3n) is 8.73.